The third kappa shape index (κ3) is 2.98. The minimum atomic E-state index is 0.215. The van der Waals surface area contributed by atoms with Crippen molar-refractivity contribution in [3.8, 4) is 5.75 Å². The molecule has 22 heavy (non-hydrogen) atoms. The van der Waals surface area contributed by atoms with E-state index in [0.717, 1.165) is 37.7 Å². The molecule has 0 atom stereocenters. The van der Waals surface area contributed by atoms with Crippen LogP contribution in [-0.2, 0) is 0 Å². The Morgan fingerprint density at radius 1 is 0.955 bits per heavy atom. The summed E-state index contributed by atoms with van der Waals surface area (Å²) >= 11 is 0. The Hall–Kier alpha value is -2.70. The smallest absolute Gasteiger partial charge is 0.223 e. The number of methoxy groups -OCH3 is 1. The third-order valence-corrected chi connectivity index (χ3v) is 3.79. The maximum Gasteiger partial charge on any atom is 0.223 e. The Bertz CT molecular complexity index is 617. The number of nitrogens with two attached hydrogens (primary N) is 2. The summed E-state index contributed by atoms with van der Waals surface area (Å²) in [6.45, 7) is 3.55. The molecule has 0 radical (unpaired) electrons. The van der Waals surface area contributed by atoms with E-state index in [4.69, 9.17) is 16.2 Å². The molecule has 0 amide bonds. The van der Waals surface area contributed by atoms with Gasteiger partial charge in [0, 0.05) is 37.9 Å². The van der Waals surface area contributed by atoms with Crippen molar-refractivity contribution in [3.05, 3.63) is 30.3 Å². The minimum absolute atomic E-state index is 0.215. The number of ether oxygens (including phenoxy) is 1. The number of piperazine rings is 1. The topological polar surface area (TPSA) is 93.5 Å². The maximum atomic E-state index is 5.73. The van der Waals surface area contributed by atoms with E-state index >= 15 is 0 Å². The fourth-order valence-corrected chi connectivity index (χ4v) is 2.62. The van der Waals surface area contributed by atoms with E-state index < -0.39 is 0 Å². The Balaban J connectivity index is 1.66. The third-order valence-electron chi connectivity index (χ3n) is 3.79. The molecule has 1 aromatic heterocycles. The first kappa shape index (κ1) is 14.2. The summed E-state index contributed by atoms with van der Waals surface area (Å²) in [5.74, 6) is 2.28. The molecule has 7 heteroatoms. The van der Waals surface area contributed by atoms with Crippen molar-refractivity contribution in [2.24, 2.45) is 0 Å². The van der Waals surface area contributed by atoms with Crippen molar-refractivity contribution < 1.29 is 4.74 Å². The summed E-state index contributed by atoms with van der Waals surface area (Å²) in [4.78, 5) is 12.7. The normalized spacial score (nSPS) is 15.0. The van der Waals surface area contributed by atoms with E-state index in [1.807, 2.05) is 12.1 Å². The minimum Gasteiger partial charge on any atom is -0.497 e. The zero-order valence-corrected chi connectivity index (χ0v) is 12.6. The summed E-state index contributed by atoms with van der Waals surface area (Å²) in [6.07, 6.45) is 0. The maximum absolute atomic E-state index is 5.73. The Kier molecular flexibility index (Phi) is 3.86. The molecule has 0 bridgehead atoms. The first-order chi connectivity index (χ1) is 10.7. The lowest BCUT2D eigenvalue weighted by Crippen LogP contribution is -2.46. The van der Waals surface area contributed by atoms with E-state index in [1.165, 1.54) is 5.69 Å². The van der Waals surface area contributed by atoms with Crippen LogP contribution < -0.4 is 26.0 Å². The summed E-state index contributed by atoms with van der Waals surface area (Å²) < 4.78 is 5.19. The number of anilines is 4. The highest BCUT2D eigenvalue weighted by Crippen LogP contribution is 2.22. The first-order valence-corrected chi connectivity index (χ1v) is 7.19. The van der Waals surface area contributed by atoms with Crippen molar-refractivity contribution in [3.63, 3.8) is 0 Å². The van der Waals surface area contributed by atoms with Gasteiger partial charge in [-0.25, -0.2) is 0 Å². The van der Waals surface area contributed by atoms with Crippen LogP contribution in [0.15, 0.2) is 30.3 Å². The first-order valence-electron chi connectivity index (χ1n) is 7.19. The summed E-state index contributed by atoms with van der Waals surface area (Å²) in [5.41, 5.74) is 12.6. The summed E-state index contributed by atoms with van der Waals surface area (Å²) in [6, 6.07) is 9.88. The second kappa shape index (κ2) is 5.97. The molecule has 1 fully saturated rings. The molecule has 1 aliphatic heterocycles. The fraction of sp³-hybridized carbons (Fsp3) is 0.333. The molecule has 0 unspecified atom stereocenters. The van der Waals surface area contributed by atoms with Gasteiger partial charge >= 0.3 is 0 Å². The van der Waals surface area contributed by atoms with Crippen LogP contribution in [0, 0.1) is 0 Å². The number of hydrogen-bond donors (Lipinski definition) is 2. The molecule has 1 aromatic carbocycles. The van der Waals surface area contributed by atoms with Gasteiger partial charge in [-0.3, -0.25) is 0 Å². The van der Waals surface area contributed by atoms with Gasteiger partial charge in [-0.05, 0) is 24.3 Å². The quantitative estimate of drug-likeness (QED) is 0.872. The van der Waals surface area contributed by atoms with Crippen molar-refractivity contribution >= 4 is 23.3 Å². The zero-order chi connectivity index (χ0) is 15.5. The zero-order valence-electron chi connectivity index (χ0n) is 12.6. The van der Waals surface area contributed by atoms with Crippen LogP contribution in [-0.4, -0.2) is 43.3 Å². The number of nitrogen functional groups attached to an aromatic ring is 2. The predicted octanol–water partition coefficient (Wildman–Crippen LogP) is 0.976. The Labute approximate surface area is 129 Å². The molecular formula is C15H20N6O. The van der Waals surface area contributed by atoms with Gasteiger partial charge in [-0.15, -0.1) is 0 Å². The van der Waals surface area contributed by atoms with E-state index in [-0.39, 0.29) is 5.95 Å². The molecule has 7 nitrogen and oxygen atoms in total. The number of rotatable bonds is 3. The molecular weight excluding hydrogens is 280 g/mol. The van der Waals surface area contributed by atoms with E-state index in [2.05, 4.69) is 31.9 Å². The van der Waals surface area contributed by atoms with Gasteiger partial charge in [0.05, 0.1) is 7.11 Å². The standard InChI is InChI=1S/C15H20N6O/c1-22-12-4-2-11(3-5-12)20-6-8-21(9-7-20)14-10-13(16)18-15(17)19-14/h2-5,10H,6-9H2,1H3,(H4,16,17,18,19). The average Bonchev–Trinajstić information content (AvgIpc) is 2.54. The molecule has 0 saturated carbocycles. The van der Waals surface area contributed by atoms with Gasteiger partial charge in [-0.2, -0.15) is 9.97 Å². The molecule has 3 rings (SSSR count). The lowest BCUT2D eigenvalue weighted by molar-refractivity contribution is 0.415. The Morgan fingerprint density at radius 3 is 2.18 bits per heavy atom. The number of hydrogen-bond acceptors (Lipinski definition) is 7. The lowest BCUT2D eigenvalue weighted by Gasteiger charge is -2.36. The number of benzene rings is 1. The molecule has 2 aromatic rings. The predicted molar refractivity (Wildman–Crippen MR) is 88.3 cm³/mol. The van der Waals surface area contributed by atoms with Gasteiger partial charge in [0.15, 0.2) is 0 Å². The second-order valence-electron chi connectivity index (χ2n) is 5.18. The molecule has 0 spiro atoms. The van der Waals surface area contributed by atoms with Crippen LogP contribution >= 0.6 is 0 Å². The Morgan fingerprint density at radius 2 is 1.59 bits per heavy atom. The molecule has 1 saturated heterocycles. The highest BCUT2D eigenvalue weighted by atomic mass is 16.5. The number of aromatic nitrogens is 2. The van der Waals surface area contributed by atoms with Crippen LogP contribution in [0.4, 0.5) is 23.3 Å². The van der Waals surface area contributed by atoms with Crippen LogP contribution in [0.2, 0.25) is 0 Å². The van der Waals surface area contributed by atoms with Gasteiger partial charge in [0.2, 0.25) is 5.95 Å². The van der Waals surface area contributed by atoms with E-state index in [0.29, 0.717) is 5.82 Å². The van der Waals surface area contributed by atoms with E-state index in [9.17, 15) is 0 Å². The monoisotopic (exact) mass is 300 g/mol. The van der Waals surface area contributed by atoms with Crippen LogP contribution in [0.5, 0.6) is 5.75 Å². The van der Waals surface area contributed by atoms with Gasteiger partial charge < -0.3 is 26.0 Å². The summed E-state index contributed by atoms with van der Waals surface area (Å²) in [5, 5.41) is 0. The number of nitrogens with zero attached hydrogens (tertiary/aromatic N) is 4. The van der Waals surface area contributed by atoms with Gasteiger partial charge in [0.25, 0.3) is 0 Å². The largest absolute Gasteiger partial charge is 0.497 e. The van der Waals surface area contributed by atoms with Crippen molar-refractivity contribution in [2.45, 2.75) is 0 Å². The molecule has 1 aliphatic rings. The SMILES string of the molecule is COc1ccc(N2CCN(c3cc(N)nc(N)n3)CC2)cc1. The fourth-order valence-electron chi connectivity index (χ4n) is 2.62. The molecule has 4 N–H and O–H groups in total. The lowest BCUT2D eigenvalue weighted by atomic mass is 10.2. The van der Waals surface area contributed by atoms with Crippen molar-refractivity contribution in [2.75, 3.05) is 54.6 Å². The van der Waals surface area contributed by atoms with Gasteiger partial charge in [-0.1, -0.05) is 0 Å². The van der Waals surface area contributed by atoms with E-state index in [1.54, 1.807) is 13.2 Å². The molecule has 0 aliphatic carbocycles. The second-order valence-corrected chi connectivity index (χ2v) is 5.18. The highest BCUT2D eigenvalue weighted by molar-refractivity contribution is 5.54. The van der Waals surface area contributed by atoms with Crippen LogP contribution in [0.25, 0.3) is 0 Å². The summed E-state index contributed by atoms with van der Waals surface area (Å²) in [7, 11) is 1.67. The highest BCUT2D eigenvalue weighted by Gasteiger charge is 2.19. The molecule has 116 valence electrons. The van der Waals surface area contributed by atoms with Gasteiger partial charge in [0.1, 0.15) is 17.4 Å². The van der Waals surface area contributed by atoms with Crippen LogP contribution in [0.1, 0.15) is 0 Å². The van der Waals surface area contributed by atoms with Crippen molar-refractivity contribution in [1.82, 2.24) is 9.97 Å². The average molecular weight is 300 g/mol. The van der Waals surface area contributed by atoms with Crippen molar-refractivity contribution in [1.29, 1.82) is 0 Å². The molecule has 2 heterocycles. The van der Waals surface area contributed by atoms with Crippen LogP contribution in [0.3, 0.4) is 0 Å².